The van der Waals surface area contributed by atoms with Gasteiger partial charge in [-0.15, -0.1) is 11.8 Å². The van der Waals surface area contributed by atoms with Crippen LogP contribution >= 0.6 is 11.8 Å². The van der Waals surface area contributed by atoms with Crippen molar-refractivity contribution in [3.05, 3.63) is 60.3 Å². The number of rotatable bonds is 9. The number of thioether (sulfide) groups is 1. The van der Waals surface area contributed by atoms with E-state index in [9.17, 15) is 9.59 Å². The fraction of sp³-hybridized carbons (Fsp3) is 0.238. The Labute approximate surface area is 168 Å². The molecular weight excluding hydrogens is 374 g/mol. The summed E-state index contributed by atoms with van der Waals surface area (Å²) >= 11 is 1.43. The van der Waals surface area contributed by atoms with E-state index in [1.165, 1.54) is 11.8 Å². The second-order valence-electron chi connectivity index (χ2n) is 6.17. The molecule has 0 aliphatic heterocycles. The van der Waals surface area contributed by atoms with Crippen LogP contribution in [-0.2, 0) is 11.3 Å². The number of hydrogen-bond acceptors (Lipinski definition) is 4. The minimum atomic E-state index is -0.343. The molecule has 2 aromatic carbocycles. The van der Waals surface area contributed by atoms with Gasteiger partial charge in [0.25, 0.3) is 5.91 Å². The number of nitrogens with two attached hydrogens (primary N) is 1. The van der Waals surface area contributed by atoms with E-state index in [2.05, 4.69) is 9.88 Å². The molecule has 28 heavy (non-hydrogen) atoms. The van der Waals surface area contributed by atoms with Gasteiger partial charge in [-0.3, -0.25) is 9.59 Å². The lowest BCUT2D eigenvalue weighted by molar-refractivity contribution is -0.115. The maximum Gasteiger partial charge on any atom is 0.251 e. The molecule has 0 saturated carbocycles. The van der Waals surface area contributed by atoms with E-state index >= 15 is 0 Å². The summed E-state index contributed by atoms with van der Waals surface area (Å²) < 4.78 is 7.47. The zero-order chi connectivity index (χ0) is 19.9. The molecule has 3 N–H and O–H groups in total. The van der Waals surface area contributed by atoms with Crippen LogP contribution in [0.2, 0.25) is 0 Å². The molecule has 0 aliphatic carbocycles. The highest BCUT2D eigenvalue weighted by molar-refractivity contribution is 8.00. The second-order valence-corrected chi connectivity index (χ2v) is 7.19. The molecular formula is C21H23N3O3S. The topological polar surface area (TPSA) is 86.3 Å². The number of fused-ring (bicyclic) bond motifs is 1. The van der Waals surface area contributed by atoms with Gasteiger partial charge in [0.15, 0.2) is 0 Å². The Balaban J connectivity index is 1.63. The van der Waals surface area contributed by atoms with Gasteiger partial charge in [-0.2, -0.15) is 0 Å². The van der Waals surface area contributed by atoms with Crippen molar-refractivity contribution in [3.8, 4) is 5.75 Å². The first-order chi connectivity index (χ1) is 13.6. The number of nitrogens with one attached hydrogen (secondary N) is 1. The predicted octanol–water partition coefficient (Wildman–Crippen LogP) is 3.05. The number of carbonyl (C=O) groups is 2. The predicted molar refractivity (Wildman–Crippen MR) is 112 cm³/mol. The Bertz CT molecular complexity index is 967. The summed E-state index contributed by atoms with van der Waals surface area (Å²) in [6.07, 6.45) is 2.00. The Morgan fingerprint density at radius 3 is 2.61 bits per heavy atom. The molecule has 0 atom stereocenters. The number of para-hydroxylation sites is 1. The van der Waals surface area contributed by atoms with Gasteiger partial charge >= 0.3 is 0 Å². The third-order valence-corrected chi connectivity index (χ3v) is 5.25. The lowest BCUT2D eigenvalue weighted by Gasteiger charge is -2.08. The van der Waals surface area contributed by atoms with Gasteiger partial charge in [0.05, 0.1) is 12.4 Å². The summed E-state index contributed by atoms with van der Waals surface area (Å²) in [5.41, 5.74) is 6.92. The van der Waals surface area contributed by atoms with Gasteiger partial charge in [0.2, 0.25) is 5.91 Å². The quantitative estimate of drug-likeness (QED) is 0.544. The summed E-state index contributed by atoms with van der Waals surface area (Å²) in [5, 5.41) is 4.02. The Morgan fingerprint density at radius 1 is 1.14 bits per heavy atom. The molecule has 3 rings (SSSR count). The molecule has 1 heterocycles. The molecule has 1 aromatic heterocycles. The first-order valence-electron chi connectivity index (χ1n) is 9.08. The summed E-state index contributed by atoms with van der Waals surface area (Å²) in [6, 6.07) is 15.1. The van der Waals surface area contributed by atoms with E-state index in [-0.39, 0.29) is 17.6 Å². The molecule has 146 valence electrons. The fourth-order valence-corrected chi connectivity index (χ4v) is 3.75. The summed E-state index contributed by atoms with van der Waals surface area (Å²) in [5.74, 6) is 0.522. The monoisotopic (exact) mass is 397 g/mol. The third-order valence-electron chi connectivity index (χ3n) is 4.19. The first kappa shape index (κ1) is 19.8. The minimum Gasteiger partial charge on any atom is -0.494 e. The lowest BCUT2D eigenvalue weighted by Crippen LogP contribution is -2.27. The number of ether oxygens (including phenoxy) is 1. The van der Waals surface area contributed by atoms with Crippen molar-refractivity contribution in [3.63, 3.8) is 0 Å². The van der Waals surface area contributed by atoms with Crippen molar-refractivity contribution in [2.75, 3.05) is 18.9 Å². The van der Waals surface area contributed by atoms with Crippen LogP contribution < -0.4 is 15.8 Å². The van der Waals surface area contributed by atoms with Crippen molar-refractivity contribution in [2.45, 2.75) is 18.4 Å². The van der Waals surface area contributed by atoms with Gasteiger partial charge in [0, 0.05) is 40.6 Å². The number of primary amides is 1. The van der Waals surface area contributed by atoms with Gasteiger partial charge in [0.1, 0.15) is 5.75 Å². The van der Waals surface area contributed by atoms with Gasteiger partial charge in [-0.25, -0.2) is 0 Å². The van der Waals surface area contributed by atoms with Crippen LogP contribution in [0.15, 0.2) is 59.6 Å². The summed E-state index contributed by atoms with van der Waals surface area (Å²) in [4.78, 5) is 24.4. The van der Waals surface area contributed by atoms with Crippen LogP contribution in [-0.4, -0.2) is 35.3 Å². The smallest absolute Gasteiger partial charge is 0.251 e. The van der Waals surface area contributed by atoms with E-state index in [0.29, 0.717) is 25.3 Å². The number of hydrogen-bond donors (Lipinski definition) is 2. The SMILES string of the molecule is CCOc1ccc(C(=O)NCCn2cc(SCC(N)=O)c3ccccc32)cc1. The van der Waals surface area contributed by atoms with Crippen LogP contribution in [0.25, 0.3) is 10.9 Å². The molecule has 6 nitrogen and oxygen atoms in total. The van der Waals surface area contributed by atoms with E-state index in [4.69, 9.17) is 10.5 Å². The molecule has 7 heteroatoms. The highest BCUT2D eigenvalue weighted by atomic mass is 32.2. The van der Waals surface area contributed by atoms with Crippen molar-refractivity contribution in [2.24, 2.45) is 5.73 Å². The zero-order valence-electron chi connectivity index (χ0n) is 15.7. The number of amides is 2. The van der Waals surface area contributed by atoms with Gasteiger partial charge < -0.3 is 20.4 Å². The average molecular weight is 398 g/mol. The van der Waals surface area contributed by atoms with E-state index in [0.717, 1.165) is 21.5 Å². The zero-order valence-corrected chi connectivity index (χ0v) is 16.5. The first-order valence-corrected chi connectivity index (χ1v) is 10.1. The molecule has 0 aliphatic rings. The van der Waals surface area contributed by atoms with Gasteiger partial charge in [-0.1, -0.05) is 18.2 Å². The number of benzene rings is 2. The van der Waals surface area contributed by atoms with Crippen LogP contribution in [0, 0.1) is 0 Å². The fourth-order valence-electron chi connectivity index (χ4n) is 2.92. The molecule has 0 radical (unpaired) electrons. The maximum absolute atomic E-state index is 12.3. The summed E-state index contributed by atoms with van der Waals surface area (Å²) in [6.45, 7) is 3.63. The van der Waals surface area contributed by atoms with Crippen molar-refractivity contribution in [1.82, 2.24) is 9.88 Å². The second kappa shape index (κ2) is 9.32. The summed E-state index contributed by atoms with van der Waals surface area (Å²) in [7, 11) is 0. The van der Waals surface area contributed by atoms with Crippen LogP contribution in [0.3, 0.4) is 0 Å². The molecule has 0 spiro atoms. The van der Waals surface area contributed by atoms with Crippen LogP contribution in [0.1, 0.15) is 17.3 Å². The highest BCUT2D eigenvalue weighted by Gasteiger charge is 2.10. The molecule has 0 bridgehead atoms. The largest absolute Gasteiger partial charge is 0.494 e. The van der Waals surface area contributed by atoms with E-state index < -0.39 is 0 Å². The molecule has 2 amide bonds. The Kier molecular flexibility index (Phi) is 6.60. The average Bonchev–Trinajstić information content (AvgIpc) is 3.05. The van der Waals surface area contributed by atoms with Crippen LogP contribution in [0.4, 0.5) is 0 Å². The van der Waals surface area contributed by atoms with Crippen molar-refractivity contribution < 1.29 is 14.3 Å². The van der Waals surface area contributed by atoms with E-state index in [1.54, 1.807) is 24.3 Å². The molecule has 0 fully saturated rings. The number of aromatic nitrogens is 1. The third kappa shape index (κ3) is 4.86. The minimum absolute atomic E-state index is 0.122. The normalized spacial score (nSPS) is 10.8. The Hall–Kier alpha value is -2.93. The van der Waals surface area contributed by atoms with Gasteiger partial charge in [-0.05, 0) is 37.3 Å². The van der Waals surface area contributed by atoms with E-state index in [1.807, 2.05) is 37.4 Å². The van der Waals surface area contributed by atoms with Crippen molar-refractivity contribution in [1.29, 1.82) is 0 Å². The lowest BCUT2D eigenvalue weighted by atomic mass is 10.2. The maximum atomic E-state index is 12.3. The standard InChI is InChI=1S/C21H23N3O3S/c1-2-27-16-9-7-15(8-10-16)21(26)23-11-12-24-13-19(28-14-20(22)25)17-5-3-4-6-18(17)24/h3-10,13H,2,11-12,14H2,1H3,(H2,22,25)(H,23,26). The molecule has 3 aromatic rings. The van der Waals surface area contributed by atoms with Crippen molar-refractivity contribution >= 4 is 34.5 Å². The van der Waals surface area contributed by atoms with Crippen LogP contribution in [0.5, 0.6) is 5.75 Å². The molecule has 0 unspecified atom stereocenters. The number of carbonyl (C=O) groups excluding carboxylic acids is 2. The molecule has 0 saturated heterocycles. The highest BCUT2D eigenvalue weighted by Crippen LogP contribution is 2.29. The Morgan fingerprint density at radius 2 is 1.89 bits per heavy atom. The number of nitrogens with zero attached hydrogens (tertiary/aromatic N) is 1.